The van der Waals surface area contributed by atoms with Crippen LogP contribution in [0.4, 0.5) is 11.4 Å². The number of amides is 2. The first-order valence-corrected chi connectivity index (χ1v) is 14.9. The van der Waals surface area contributed by atoms with Crippen LogP contribution in [0.25, 0.3) is 12.2 Å². The second kappa shape index (κ2) is 13.2. The molecule has 48 heavy (non-hydrogen) atoms. The van der Waals surface area contributed by atoms with Gasteiger partial charge in [-0.25, -0.2) is 19.8 Å². The second-order valence-electron chi connectivity index (χ2n) is 10.2. The van der Waals surface area contributed by atoms with Crippen molar-refractivity contribution in [3.63, 3.8) is 0 Å². The van der Waals surface area contributed by atoms with Gasteiger partial charge in [-0.3, -0.25) is 29.8 Å². The minimum atomic E-state index is -0.722. The lowest BCUT2D eigenvalue weighted by Gasteiger charge is -2.25. The summed E-state index contributed by atoms with van der Waals surface area (Å²) in [6, 6.07) is 29.1. The number of aliphatic imine (C=N–C) groups is 2. The SMILES string of the molecule is O=C1/C(=C/c2ccccc2[N+](=O)[O-])N=C(c2ccccc2)N1C(=S)C(=S)N1C(=O)/C(=C\c2ccccc2[N+](=O)[O-])N=C1c1ccccc1. The fourth-order valence-electron chi connectivity index (χ4n) is 5.01. The molecule has 0 radical (unpaired) electrons. The van der Waals surface area contributed by atoms with Crippen LogP contribution in [0.2, 0.25) is 0 Å². The number of para-hydroxylation sites is 2. The fraction of sp³-hybridized carbons (Fsp3) is 0. The van der Waals surface area contributed by atoms with Gasteiger partial charge in [0, 0.05) is 23.3 Å². The fourth-order valence-corrected chi connectivity index (χ4v) is 5.53. The molecule has 0 aliphatic carbocycles. The summed E-state index contributed by atoms with van der Waals surface area (Å²) >= 11 is 11.6. The van der Waals surface area contributed by atoms with Crippen molar-refractivity contribution in [1.82, 2.24) is 9.80 Å². The van der Waals surface area contributed by atoms with Gasteiger partial charge in [-0.2, -0.15) is 0 Å². The van der Waals surface area contributed by atoms with E-state index >= 15 is 0 Å². The van der Waals surface area contributed by atoms with Gasteiger partial charge >= 0.3 is 0 Å². The van der Waals surface area contributed by atoms with E-state index in [1.165, 1.54) is 48.6 Å². The van der Waals surface area contributed by atoms with Crippen molar-refractivity contribution in [1.29, 1.82) is 0 Å². The molecule has 6 rings (SSSR count). The molecule has 0 atom stereocenters. The molecule has 0 N–H and O–H groups in total. The Hall–Kier alpha value is -6.38. The van der Waals surface area contributed by atoms with E-state index in [9.17, 15) is 29.8 Å². The molecule has 2 aliphatic rings. The second-order valence-corrected chi connectivity index (χ2v) is 11.0. The summed E-state index contributed by atoms with van der Waals surface area (Å²) < 4.78 is 0. The van der Waals surface area contributed by atoms with Crippen LogP contribution >= 0.6 is 24.4 Å². The third kappa shape index (κ3) is 5.95. The molecule has 0 aromatic heterocycles. The van der Waals surface area contributed by atoms with Crippen molar-refractivity contribution >= 4 is 81.4 Å². The molecular weight excluding hydrogens is 653 g/mol. The van der Waals surface area contributed by atoms with Crippen LogP contribution in [-0.2, 0) is 9.59 Å². The molecule has 0 saturated heterocycles. The summed E-state index contributed by atoms with van der Waals surface area (Å²) in [6.45, 7) is 0. The number of nitro benzene ring substituents is 2. The highest BCUT2D eigenvalue weighted by atomic mass is 32.1. The number of carbonyl (C=O) groups is 2. The zero-order valence-electron chi connectivity index (χ0n) is 24.5. The summed E-state index contributed by atoms with van der Waals surface area (Å²) in [5, 5.41) is 23.3. The van der Waals surface area contributed by atoms with Crippen LogP contribution in [0.1, 0.15) is 22.3 Å². The maximum Gasteiger partial charge on any atom is 0.283 e. The predicted molar refractivity (Wildman–Crippen MR) is 187 cm³/mol. The van der Waals surface area contributed by atoms with Crippen LogP contribution < -0.4 is 0 Å². The van der Waals surface area contributed by atoms with Gasteiger partial charge in [0.2, 0.25) is 0 Å². The van der Waals surface area contributed by atoms with Gasteiger partial charge in [-0.05, 0) is 24.3 Å². The number of amidine groups is 2. The summed E-state index contributed by atoms with van der Waals surface area (Å²) in [5.74, 6) is -1.25. The Balaban J connectivity index is 1.42. The van der Waals surface area contributed by atoms with E-state index in [4.69, 9.17) is 24.4 Å². The number of benzene rings is 4. The highest BCUT2D eigenvalue weighted by Crippen LogP contribution is 2.30. The summed E-state index contributed by atoms with van der Waals surface area (Å²) in [7, 11) is 0. The van der Waals surface area contributed by atoms with E-state index in [0.29, 0.717) is 11.1 Å². The molecular formula is C34H20N6O6S2. The Labute approximate surface area is 283 Å². The third-order valence-electron chi connectivity index (χ3n) is 7.23. The molecule has 4 aromatic rings. The first kappa shape index (κ1) is 31.6. The lowest BCUT2D eigenvalue weighted by molar-refractivity contribution is -0.385. The standard InChI is InChI=1S/C34H20N6O6S2/c41-31-25(19-23-15-7-9-17-27(23)39(43)44)35-29(21-11-3-1-4-12-21)37(31)33(47)34(48)38-30(22-13-5-2-6-14-22)36-26(32(38)42)20-24-16-8-10-18-28(24)40(45)46/h1-20H/b25-19-,26-20+. The van der Waals surface area contributed by atoms with Gasteiger partial charge in [0.1, 0.15) is 23.1 Å². The monoisotopic (exact) mass is 672 g/mol. The molecule has 0 saturated carbocycles. The first-order chi connectivity index (χ1) is 23.2. The van der Waals surface area contributed by atoms with E-state index in [1.807, 2.05) is 0 Å². The summed E-state index contributed by atoms with van der Waals surface area (Å²) in [5.41, 5.74) is 0.535. The number of hydrogen-bond donors (Lipinski definition) is 0. The lowest BCUT2D eigenvalue weighted by atomic mass is 10.1. The number of nitrogens with zero attached hydrogens (tertiary/aromatic N) is 6. The van der Waals surface area contributed by atoms with Crippen molar-refractivity contribution in [3.05, 3.63) is 163 Å². The molecule has 0 bridgehead atoms. The molecule has 0 unspecified atom stereocenters. The van der Waals surface area contributed by atoms with E-state index < -0.39 is 21.7 Å². The minimum absolute atomic E-state index is 0.0957. The van der Waals surface area contributed by atoms with Gasteiger partial charge in [0.05, 0.1) is 21.0 Å². The quantitative estimate of drug-likeness (QED) is 0.103. The van der Waals surface area contributed by atoms with E-state index in [-0.39, 0.29) is 55.5 Å². The Bertz CT molecular complexity index is 2030. The van der Waals surface area contributed by atoms with Crippen LogP contribution in [0, 0.1) is 20.2 Å². The average molecular weight is 673 g/mol. The Morgan fingerprint density at radius 3 is 1.25 bits per heavy atom. The molecule has 2 amide bonds. The number of carbonyl (C=O) groups excluding carboxylic acids is 2. The number of thiocarbonyl (C=S) groups is 2. The van der Waals surface area contributed by atoms with Gasteiger partial charge in [-0.1, -0.05) is 109 Å². The number of rotatable bonds is 6. The van der Waals surface area contributed by atoms with Crippen molar-refractivity contribution < 1.29 is 19.4 Å². The number of hydrogen-bond acceptors (Lipinski definition) is 10. The Kier molecular flexibility index (Phi) is 8.66. The maximum absolute atomic E-state index is 14.0. The largest absolute Gasteiger partial charge is 0.283 e. The molecule has 12 nitrogen and oxygen atoms in total. The van der Waals surface area contributed by atoms with Crippen molar-refractivity contribution in [3.8, 4) is 0 Å². The molecule has 4 aromatic carbocycles. The minimum Gasteiger partial charge on any atom is -0.266 e. The summed E-state index contributed by atoms with van der Waals surface area (Å²) in [4.78, 5) is 60.9. The lowest BCUT2D eigenvalue weighted by Crippen LogP contribution is -2.49. The zero-order valence-corrected chi connectivity index (χ0v) is 26.1. The van der Waals surface area contributed by atoms with Gasteiger partial charge in [-0.15, -0.1) is 0 Å². The van der Waals surface area contributed by atoms with Crippen LogP contribution in [0.15, 0.2) is 131 Å². The van der Waals surface area contributed by atoms with Crippen molar-refractivity contribution in [2.75, 3.05) is 0 Å². The zero-order chi connectivity index (χ0) is 33.9. The first-order valence-electron chi connectivity index (χ1n) is 14.1. The van der Waals surface area contributed by atoms with Gasteiger partial charge in [0.15, 0.2) is 9.98 Å². The molecule has 0 spiro atoms. The van der Waals surface area contributed by atoms with E-state index in [1.54, 1.807) is 72.8 Å². The van der Waals surface area contributed by atoms with E-state index in [2.05, 4.69) is 9.98 Å². The maximum atomic E-state index is 14.0. The highest BCUT2D eigenvalue weighted by Gasteiger charge is 2.41. The normalized spacial score (nSPS) is 15.9. The van der Waals surface area contributed by atoms with Gasteiger partial charge in [0.25, 0.3) is 23.2 Å². The van der Waals surface area contributed by atoms with Gasteiger partial charge < -0.3 is 0 Å². The molecule has 2 aliphatic heterocycles. The topological polar surface area (TPSA) is 152 Å². The Morgan fingerprint density at radius 1 is 0.562 bits per heavy atom. The Morgan fingerprint density at radius 2 is 0.896 bits per heavy atom. The van der Waals surface area contributed by atoms with Crippen molar-refractivity contribution in [2.45, 2.75) is 0 Å². The number of nitro groups is 2. The van der Waals surface area contributed by atoms with E-state index in [0.717, 1.165) is 9.80 Å². The summed E-state index contributed by atoms with van der Waals surface area (Å²) in [6.07, 6.45) is 2.58. The smallest absolute Gasteiger partial charge is 0.266 e. The molecule has 0 fully saturated rings. The molecule has 234 valence electrons. The molecule has 2 heterocycles. The van der Waals surface area contributed by atoms with Crippen LogP contribution in [0.3, 0.4) is 0 Å². The van der Waals surface area contributed by atoms with Crippen molar-refractivity contribution in [2.24, 2.45) is 9.98 Å². The predicted octanol–water partition coefficient (Wildman–Crippen LogP) is 6.12. The van der Waals surface area contributed by atoms with Crippen LogP contribution in [0.5, 0.6) is 0 Å². The average Bonchev–Trinajstić information content (AvgIpc) is 3.60. The third-order valence-corrected chi connectivity index (χ3v) is 8.11. The van der Waals surface area contributed by atoms with Crippen LogP contribution in [-0.4, -0.2) is 53.1 Å². The highest BCUT2D eigenvalue weighted by molar-refractivity contribution is 7.89. The molecule has 14 heteroatoms.